The van der Waals surface area contributed by atoms with Crippen LogP contribution in [0.2, 0.25) is 0 Å². The molecular weight excluding hydrogens is 248 g/mol. The van der Waals surface area contributed by atoms with Crippen LogP contribution in [0.1, 0.15) is 43.0 Å². The van der Waals surface area contributed by atoms with E-state index in [4.69, 9.17) is 9.15 Å². The number of aliphatic hydroxyl groups is 1. The molecule has 0 bridgehead atoms. The molecule has 1 aliphatic heterocycles. The van der Waals surface area contributed by atoms with Crippen LogP contribution in [0.25, 0.3) is 0 Å². The first-order chi connectivity index (χ1) is 8.96. The second-order valence-electron chi connectivity index (χ2n) is 5.29. The molecule has 0 aliphatic carbocycles. The minimum atomic E-state index is -1.07. The number of hydrogen-bond donors (Lipinski definition) is 1. The maximum Gasteiger partial charge on any atom is 0.373 e. The van der Waals surface area contributed by atoms with Crippen molar-refractivity contribution in [1.82, 2.24) is 0 Å². The van der Waals surface area contributed by atoms with Gasteiger partial charge in [0, 0.05) is 12.8 Å². The minimum Gasteiger partial charge on any atom is -0.463 e. The van der Waals surface area contributed by atoms with Crippen LogP contribution in [0.3, 0.4) is 0 Å². The van der Waals surface area contributed by atoms with Gasteiger partial charge in [0.25, 0.3) is 0 Å². The fraction of sp³-hybridized carbons (Fsp3) is 0.643. The van der Waals surface area contributed by atoms with E-state index in [-0.39, 0.29) is 11.9 Å². The molecule has 0 saturated carbocycles. The van der Waals surface area contributed by atoms with E-state index in [1.165, 1.54) is 13.2 Å². The number of ether oxygens (including phenoxy) is 2. The molecule has 1 saturated heterocycles. The van der Waals surface area contributed by atoms with E-state index in [2.05, 4.69) is 18.6 Å². The average molecular weight is 268 g/mol. The summed E-state index contributed by atoms with van der Waals surface area (Å²) >= 11 is 0. The molecule has 1 N–H and O–H groups in total. The van der Waals surface area contributed by atoms with Crippen LogP contribution in [-0.4, -0.2) is 30.9 Å². The minimum absolute atomic E-state index is 0.00886. The Morgan fingerprint density at radius 3 is 2.89 bits per heavy atom. The van der Waals surface area contributed by atoms with Gasteiger partial charge in [0.15, 0.2) is 0 Å². The van der Waals surface area contributed by atoms with Crippen LogP contribution in [0.5, 0.6) is 0 Å². The number of hydrogen-bond acceptors (Lipinski definition) is 5. The summed E-state index contributed by atoms with van der Waals surface area (Å²) in [7, 11) is 1.29. The standard InChI is InChI=1S/C14H20O5/c1-9(2)11-8-14(16,6-7-18-11)12-5-4-10(19-12)13(15)17-3/h4-5,9,11,16H,6-8H2,1-3H3. The Morgan fingerprint density at radius 1 is 1.53 bits per heavy atom. The Balaban J connectivity index is 2.19. The zero-order valence-electron chi connectivity index (χ0n) is 11.5. The van der Waals surface area contributed by atoms with Crippen LogP contribution in [0.4, 0.5) is 0 Å². The molecule has 19 heavy (non-hydrogen) atoms. The molecule has 2 atom stereocenters. The molecule has 0 spiro atoms. The highest BCUT2D eigenvalue weighted by Gasteiger charge is 2.40. The number of esters is 1. The first-order valence-electron chi connectivity index (χ1n) is 6.49. The van der Waals surface area contributed by atoms with Crippen LogP contribution in [0.15, 0.2) is 16.5 Å². The van der Waals surface area contributed by atoms with Crippen molar-refractivity contribution in [2.24, 2.45) is 5.92 Å². The second kappa shape index (κ2) is 5.35. The van der Waals surface area contributed by atoms with Crippen LogP contribution < -0.4 is 0 Å². The van der Waals surface area contributed by atoms with Gasteiger partial charge in [-0.05, 0) is 18.1 Å². The summed E-state index contributed by atoms with van der Waals surface area (Å²) in [6, 6.07) is 3.16. The zero-order chi connectivity index (χ0) is 14.0. The summed E-state index contributed by atoms with van der Waals surface area (Å²) < 4.78 is 15.7. The number of carbonyl (C=O) groups excluding carboxylic acids is 1. The zero-order valence-corrected chi connectivity index (χ0v) is 11.5. The smallest absolute Gasteiger partial charge is 0.373 e. The summed E-state index contributed by atoms with van der Waals surface area (Å²) in [6.07, 6.45) is 0.925. The molecule has 1 aromatic heterocycles. The maximum atomic E-state index is 11.4. The molecule has 5 heteroatoms. The SMILES string of the molecule is COC(=O)c1ccc(C2(O)CCOC(C(C)C)C2)o1. The molecular formula is C14H20O5. The monoisotopic (exact) mass is 268 g/mol. The average Bonchev–Trinajstić information content (AvgIpc) is 2.88. The highest BCUT2D eigenvalue weighted by atomic mass is 16.5. The second-order valence-corrected chi connectivity index (χ2v) is 5.29. The van der Waals surface area contributed by atoms with E-state index in [0.717, 1.165) is 0 Å². The lowest BCUT2D eigenvalue weighted by atomic mass is 9.84. The third-order valence-electron chi connectivity index (χ3n) is 3.58. The van der Waals surface area contributed by atoms with E-state index in [0.29, 0.717) is 31.1 Å². The van der Waals surface area contributed by atoms with Gasteiger partial charge in [-0.3, -0.25) is 0 Å². The number of methoxy groups -OCH3 is 1. The summed E-state index contributed by atoms with van der Waals surface area (Å²) in [5.41, 5.74) is -1.07. The molecule has 2 heterocycles. The van der Waals surface area contributed by atoms with Crippen molar-refractivity contribution in [2.45, 2.75) is 38.4 Å². The third kappa shape index (κ3) is 2.82. The van der Waals surface area contributed by atoms with Gasteiger partial charge in [-0.2, -0.15) is 0 Å². The number of furan rings is 1. The number of carbonyl (C=O) groups is 1. The predicted molar refractivity (Wildman–Crippen MR) is 67.8 cm³/mol. The van der Waals surface area contributed by atoms with Gasteiger partial charge >= 0.3 is 5.97 Å². The molecule has 1 aliphatic rings. The van der Waals surface area contributed by atoms with E-state index in [1.54, 1.807) is 6.07 Å². The summed E-state index contributed by atoms with van der Waals surface area (Å²) in [4.78, 5) is 11.4. The molecule has 1 aromatic rings. The van der Waals surface area contributed by atoms with Gasteiger partial charge in [-0.15, -0.1) is 0 Å². The lowest BCUT2D eigenvalue weighted by molar-refractivity contribution is -0.129. The van der Waals surface area contributed by atoms with Gasteiger partial charge in [-0.25, -0.2) is 4.79 Å². The van der Waals surface area contributed by atoms with Gasteiger partial charge < -0.3 is 19.0 Å². The Kier molecular flexibility index (Phi) is 3.96. The fourth-order valence-corrected chi connectivity index (χ4v) is 2.32. The normalized spacial score (nSPS) is 27.5. The molecule has 1 fully saturated rings. The van der Waals surface area contributed by atoms with Crippen LogP contribution in [-0.2, 0) is 15.1 Å². The topological polar surface area (TPSA) is 68.9 Å². The Morgan fingerprint density at radius 2 is 2.26 bits per heavy atom. The van der Waals surface area contributed by atoms with Gasteiger partial charge in [0.1, 0.15) is 11.4 Å². The van der Waals surface area contributed by atoms with E-state index < -0.39 is 11.6 Å². The highest BCUT2D eigenvalue weighted by Crippen LogP contribution is 2.37. The van der Waals surface area contributed by atoms with E-state index in [1.807, 2.05) is 0 Å². The first-order valence-corrected chi connectivity index (χ1v) is 6.49. The van der Waals surface area contributed by atoms with Gasteiger partial charge in [0.05, 0.1) is 19.8 Å². The summed E-state index contributed by atoms with van der Waals surface area (Å²) in [6.45, 7) is 4.59. The van der Waals surface area contributed by atoms with Crippen molar-refractivity contribution < 1.29 is 23.8 Å². The first kappa shape index (κ1) is 14.1. The number of rotatable bonds is 3. The van der Waals surface area contributed by atoms with Crippen molar-refractivity contribution in [2.75, 3.05) is 13.7 Å². The molecule has 0 radical (unpaired) electrons. The van der Waals surface area contributed by atoms with Gasteiger partial charge in [0.2, 0.25) is 5.76 Å². The quantitative estimate of drug-likeness (QED) is 0.850. The van der Waals surface area contributed by atoms with Crippen molar-refractivity contribution in [3.8, 4) is 0 Å². The van der Waals surface area contributed by atoms with Crippen molar-refractivity contribution in [3.63, 3.8) is 0 Å². The largest absolute Gasteiger partial charge is 0.463 e. The van der Waals surface area contributed by atoms with Crippen molar-refractivity contribution in [3.05, 3.63) is 23.7 Å². The third-order valence-corrected chi connectivity index (χ3v) is 3.58. The summed E-state index contributed by atoms with van der Waals surface area (Å²) in [5.74, 6) is 0.296. The Labute approximate surface area is 112 Å². The molecule has 2 unspecified atom stereocenters. The maximum absolute atomic E-state index is 11.4. The molecule has 2 rings (SSSR count). The Bertz CT molecular complexity index is 450. The van der Waals surface area contributed by atoms with Crippen LogP contribution in [0, 0.1) is 5.92 Å². The van der Waals surface area contributed by atoms with E-state index in [9.17, 15) is 9.90 Å². The molecule has 106 valence electrons. The molecule has 0 aromatic carbocycles. The van der Waals surface area contributed by atoms with E-state index >= 15 is 0 Å². The fourth-order valence-electron chi connectivity index (χ4n) is 2.32. The lowest BCUT2D eigenvalue weighted by Gasteiger charge is -2.37. The summed E-state index contributed by atoms with van der Waals surface area (Å²) in [5, 5.41) is 10.7. The van der Waals surface area contributed by atoms with Gasteiger partial charge in [-0.1, -0.05) is 13.8 Å². The molecule has 0 amide bonds. The Hall–Kier alpha value is -1.33. The lowest BCUT2D eigenvalue weighted by Crippen LogP contribution is -2.40. The van der Waals surface area contributed by atoms with Crippen LogP contribution >= 0.6 is 0 Å². The predicted octanol–water partition coefficient (Wildman–Crippen LogP) is 2.09. The highest BCUT2D eigenvalue weighted by molar-refractivity contribution is 5.86. The van der Waals surface area contributed by atoms with Crippen molar-refractivity contribution in [1.29, 1.82) is 0 Å². The van der Waals surface area contributed by atoms with Crippen molar-refractivity contribution >= 4 is 5.97 Å². The molecule has 5 nitrogen and oxygen atoms in total.